The minimum Gasteiger partial charge on any atom is -0.394 e. The largest absolute Gasteiger partial charge is 0.394 e. The summed E-state index contributed by atoms with van der Waals surface area (Å²) >= 11 is 0. The molecule has 0 aromatic carbocycles. The number of halogens is 2. The van der Waals surface area contributed by atoms with Crippen LogP contribution >= 0.6 is 0 Å². The molecule has 0 bridgehead atoms. The van der Waals surface area contributed by atoms with Crippen LogP contribution in [0.1, 0.15) is 0 Å². The SMILES string of the molecule is Nc1nc2c(ncn2[C@]2(C(F)F)O[C@H](CO)[C@@H](O)[C@H]2O)c(=O)[nH]1. The fourth-order valence-electron chi connectivity index (χ4n) is 2.64. The van der Waals surface area contributed by atoms with Gasteiger partial charge in [-0.25, -0.2) is 13.8 Å². The Kier molecular flexibility index (Phi) is 3.55. The number of H-pyrrole nitrogens is 1. The van der Waals surface area contributed by atoms with E-state index in [1.165, 1.54) is 0 Å². The zero-order valence-corrected chi connectivity index (χ0v) is 11.4. The van der Waals surface area contributed by atoms with Crippen LogP contribution in [0.25, 0.3) is 11.2 Å². The molecule has 0 spiro atoms. The highest BCUT2D eigenvalue weighted by Gasteiger charge is 2.61. The molecule has 6 N–H and O–H groups in total. The van der Waals surface area contributed by atoms with E-state index in [-0.39, 0.29) is 17.1 Å². The van der Waals surface area contributed by atoms with Gasteiger partial charge in [0.25, 0.3) is 12.0 Å². The quantitative estimate of drug-likeness (QED) is 0.420. The summed E-state index contributed by atoms with van der Waals surface area (Å²) in [4.78, 5) is 21.3. The van der Waals surface area contributed by atoms with Crippen molar-refractivity contribution >= 4 is 17.1 Å². The van der Waals surface area contributed by atoms with Crippen LogP contribution in [-0.4, -0.2) is 66.2 Å². The zero-order valence-electron chi connectivity index (χ0n) is 11.4. The molecule has 1 fully saturated rings. The number of nitrogens with two attached hydrogens (primary N) is 1. The third-order valence-electron chi connectivity index (χ3n) is 3.76. The van der Waals surface area contributed by atoms with Crippen LogP contribution in [0.2, 0.25) is 0 Å². The van der Waals surface area contributed by atoms with E-state index in [1.54, 1.807) is 0 Å². The third kappa shape index (κ3) is 2.03. The molecule has 0 unspecified atom stereocenters. The van der Waals surface area contributed by atoms with Crippen LogP contribution in [0.5, 0.6) is 0 Å². The van der Waals surface area contributed by atoms with Crippen LogP contribution in [0.4, 0.5) is 14.7 Å². The number of rotatable bonds is 3. The summed E-state index contributed by atoms with van der Waals surface area (Å²) in [5, 5.41) is 29.0. The molecule has 0 amide bonds. The topological polar surface area (TPSA) is 160 Å². The Hall–Kier alpha value is -2.15. The number of fused-ring (bicyclic) bond motifs is 1. The zero-order chi connectivity index (χ0) is 16.9. The maximum Gasteiger partial charge on any atom is 0.288 e. The summed E-state index contributed by atoms with van der Waals surface area (Å²) in [5.41, 5.74) is 1.22. The molecule has 0 saturated carbocycles. The van der Waals surface area contributed by atoms with Crippen LogP contribution in [-0.2, 0) is 10.5 Å². The molecule has 10 nitrogen and oxygen atoms in total. The molecule has 0 radical (unpaired) electrons. The molecule has 126 valence electrons. The number of aliphatic hydroxyl groups is 3. The lowest BCUT2D eigenvalue weighted by Crippen LogP contribution is -2.51. The lowest BCUT2D eigenvalue weighted by atomic mass is 10.0. The number of aromatic nitrogens is 4. The van der Waals surface area contributed by atoms with Gasteiger partial charge in [0.15, 0.2) is 11.2 Å². The molecule has 4 atom stereocenters. The summed E-state index contributed by atoms with van der Waals surface area (Å²) in [6.45, 7) is -0.796. The van der Waals surface area contributed by atoms with Crippen molar-refractivity contribution in [2.45, 2.75) is 30.5 Å². The maximum absolute atomic E-state index is 13.7. The molecule has 0 aliphatic carbocycles. The van der Waals surface area contributed by atoms with Crippen molar-refractivity contribution in [2.75, 3.05) is 12.3 Å². The van der Waals surface area contributed by atoms with Crippen molar-refractivity contribution in [1.82, 2.24) is 19.5 Å². The lowest BCUT2D eigenvalue weighted by Gasteiger charge is -2.32. The normalized spacial score (nSPS) is 31.3. The molecule has 2 aromatic rings. The molecular formula is C11H13F2N5O5. The van der Waals surface area contributed by atoms with Crippen LogP contribution in [0, 0.1) is 0 Å². The summed E-state index contributed by atoms with van der Waals surface area (Å²) in [7, 11) is 0. The van der Waals surface area contributed by atoms with Crippen molar-refractivity contribution in [3.05, 3.63) is 16.7 Å². The fourth-order valence-corrected chi connectivity index (χ4v) is 2.64. The highest BCUT2D eigenvalue weighted by atomic mass is 19.3. The number of aromatic amines is 1. The monoisotopic (exact) mass is 333 g/mol. The summed E-state index contributed by atoms with van der Waals surface area (Å²) < 4.78 is 33.2. The standard InChI is InChI=1S/C11H13F2N5O5/c12-9(13)11(6(21)5(20)3(1-19)23-11)18-2-15-4-7(18)16-10(14)17-8(4)22/h2-3,5-6,9,19-21H,1H2,(H3,14,16,17,22)/t3-,5-,6-,11+/m1/s1. The molecule has 1 aliphatic rings. The molecule has 23 heavy (non-hydrogen) atoms. The molecule has 2 aromatic heterocycles. The third-order valence-corrected chi connectivity index (χ3v) is 3.76. The Labute approximate surface area is 126 Å². The number of nitrogen functional groups attached to an aromatic ring is 1. The van der Waals surface area contributed by atoms with Gasteiger partial charge in [-0.05, 0) is 0 Å². The molecule has 3 heterocycles. The maximum atomic E-state index is 13.7. The lowest BCUT2D eigenvalue weighted by molar-refractivity contribution is -0.219. The van der Waals surface area contributed by atoms with E-state index < -0.39 is 42.6 Å². The van der Waals surface area contributed by atoms with Crippen molar-refractivity contribution < 1.29 is 28.8 Å². The van der Waals surface area contributed by atoms with Gasteiger partial charge in [0.1, 0.15) is 18.3 Å². The molecule has 1 saturated heterocycles. The number of hydrogen-bond donors (Lipinski definition) is 5. The number of nitrogens with zero attached hydrogens (tertiary/aromatic N) is 3. The Morgan fingerprint density at radius 2 is 2.22 bits per heavy atom. The van der Waals surface area contributed by atoms with E-state index in [1.807, 2.05) is 0 Å². The average molecular weight is 333 g/mol. The second-order valence-corrected chi connectivity index (χ2v) is 5.06. The number of ether oxygens (including phenoxy) is 1. The van der Waals surface area contributed by atoms with Gasteiger partial charge < -0.3 is 25.8 Å². The van der Waals surface area contributed by atoms with Crippen molar-refractivity contribution in [2.24, 2.45) is 0 Å². The first-order valence-electron chi connectivity index (χ1n) is 6.49. The van der Waals surface area contributed by atoms with E-state index in [2.05, 4.69) is 15.0 Å². The fraction of sp³-hybridized carbons (Fsp3) is 0.545. The first-order valence-corrected chi connectivity index (χ1v) is 6.49. The van der Waals surface area contributed by atoms with Gasteiger partial charge in [-0.15, -0.1) is 0 Å². The molecular weight excluding hydrogens is 320 g/mol. The van der Waals surface area contributed by atoms with Gasteiger partial charge in [0, 0.05) is 0 Å². The predicted octanol–water partition coefficient (Wildman–Crippen LogP) is -2.27. The van der Waals surface area contributed by atoms with Crippen LogP contribution < -0.4 is 11.3 Å². The van der Waals surface area contributed by atoms with E-state index >= 15 is 0 Å². The summed E-state index contributed by atoms with van der Waals surface area (Å²) in [6, 6.07) is 0. The number of anilines is 1. The average Bonchev–Trinajstić information content (AvgIpc) is 3.01. The first kappa shape index (κ1) is 15.7. The number of nitrogens with one attached hydrogen (secondary N) is 1. The van der Waals surface area contributed by atoms with E-state index in [0.29, 0.717) is 4.57 Å². The van der Waals surface area contributed by atoms with Crippen molar-refractivity contribution in [1.29, 1.82) is 0 Å². The minimum atomic E-state index is -3.33. The summed E-state index contributed by atoms with van der Waals surface area (Å²) in [5.74, 6) is -0.347. The van der Waals surface area contributed by atoms with Gasteiger partial charge in [0.2, 0.25) is 11.7 Å². The van der Waals surface area contributed by atoms with Gasteiger partial charge in [-0.3, -0.25) is 14.3 Å². The van der Waals surface area contributed by atoms with Crippen LogP contribution in [0.3, 0.4) is 0 Å². The van der Waals surface area contributed by atoms with E-state index in [4.69, 9.17) is 15.6 Å². The summed E-state index contributed by atoms with van der Waals surface area (Å²) in [6.07, 6.45) is -7.82. The molecule has 12 heteroatoms. The van der Waals surface area contributed by atoms with Crippen molar-refractivity contribution in [3.8, 4) is 0 Å². The Morgan fingerprint density at radius 3 is 2.78 bits per heavy atom. The Morgan fingerprint density at radius 1 is 1.52 bits per heavy atom. The number of hydrogen-bond acceptors (Lipinski definition) is 8. The smallest absolute Gasteiger partial charge is 0.288 e. The Bertz CT molecular complexity index is 795. The van der Waals surface area contributed by atoms with E-state index in [9.17, 15) is 23.8 Å². The van der Waals surface area contributed by atoms with Gasteiger partial charge in [-0.1, -0.05) is 0 Å². The number of imidazole rings is 1. The van der Waals surface area contributed by atoms with Gasteiger partial charge in [0.05, 0.1) is 12.9 Å². The Balaban J connectivity index is 2.27. The highest BCUT2D eigenvalue weighted by molar-refractivity contribution is 5.71. The second-order valence-electron chi connectivity index (χ2n) is 5.06. The number of aliphatic hydroxyl groups excluding tert-OH is 3. The highest BCUT2D eigenvalue weighted by Crippen LogP contribution is 2.41. The minimum absolute atomic E-state index is 0.294. The second kappa shape index (κ2) is 5.19. The first-order chi connectivity index (χ1) is 10.8. The van der Waals surface area contributed by atoms with Gasteiger partial charge >= 0.3 is 0 Å². The van der Waals surface area contributed by atoms with Crippen LogP contribution in [0.15, 0.2) is 11.1 Å². The predicted molar refractivity (Wildman–Crippen MR) is 70.5 cm³/mol. The van der Waals surface area contributed by atoms with Gasteiger partial charge in [-0.2, -0.15) is 4.98 Å². The number of alkyl halides is 2. The molecule has 1 aliphatic heterocycles. The van der Waals surface area contributed by atoms with Crippen molar-refractivity contribution in [3.63, 3.8) is 0 Å². The van der Waals surface area contributed by atoms with E-state index in [0.717, 1.165) is 6.33 Å². The molecule has 3 rings (SSSR count).